The summed E-state index contributed by atoms with van der Waals surface area (Å²) in [5.41, 5.74) is 2.18. The number of hydrogen-bond donors (Lipinski definition) is 0. The lowest BCUT2D eigenvalue weighted by Gasteiger charge is -2.25. The number of alkyl halides is 2. The summed E-state index contributed by atoms with van der Waals surface area (Å²) in [6.07, 6.45) is -2.21. The second-order valence-electron chi connectivity index (χ2n) is 3.64. The molecule has 0 bridgehead atoms. The average Bonchev–Trinajstić information content (AvgIpc) is 2.16. The number of rotatable bonds is 1. The first kappa shape index (κ1) is 9.44. The van der Waals surface area contributed by atoms with E-state index in [9.17, 15) is 8.78 Å². The Kier molecular flexibility index (Phi) is 2.40. The van der Waals surface area contributed by atoms with Crippen molar-refractivity contribution in [2.75, 3.05) is 0 Å². The van der Waals surface area contributed by atoms with Gasteiger partial charge in [0.25, 0.3) is 6.43 Å². The van der Waals surface area contributed by atoms with Crippen molar-refractivity contribution in [2.24, 2.45) is 0 Å². The largest absolute Gasteiger partial charge is 0.484 e. The SMILES string of the molecule is Cc1ccc2c(c1)CCC(C(F)F)O2. The molecule has 2 rings (SSSR count). The fraction of sp³-hybridized carbons (Fsp3) is 0.455. The Morgan fingerprint density at radius 3 is 2.93 bits per heavy atom. The quantitative estimate of drug-likeness (QED) is 0.674. The molecule has 14 heavy (non-hydrogen) atoms. The number of ether oxygens (including phenoxy) is 1. The first-order valence-corrected chi connectivity index (χ1v) is 4.71. The predicted molar refractivity (Wildman–Crippen MR) is 49.9 cm³/mol. The van der Waals surface area contributed by atoms with Gasteiger partial charge in [0.1, 0.15) is 5.75 Å². The minimum Gasteiger partial charge on any atom is -0.484 e. The van der Waals surface area contributed by atoms with Crippen LogP contribution in [0.1, 0.15) is 17.5 Å². The number of aryl methyl sites for hydroxylation is 2. The molecule has 0 saturated heterocycles. The molecular formula is C11H12F2O. The summed E-state index contributed by atoms with van der Waals surface area (Å²) in [5, 5.41) is 0. The van der Waals surface area contributed by atoms with E-state index >= 15 is 0 Å². The van der Waals surface area contributed by atoms with E-state index in [0.717, 1.165) is 11.1 Å². The molecule has 1 aromatic carbocycles. The number of benzene rings is 1. The Balaban J connectivity index is 2.23. The van der Waals surface area contributed by atoms with Gasteiger partial charge in [0.2, 0.25) is 0 Å². The van der Waals surface area contributed by atoms with Gasteiger partial charge in [-0.3, -0.25) is 0 Å². The molecule has 0 aromatic heterocycles. The van der Waals surface area contributed by atoms with Crippen LogP contribution in [-0.2, 0) is 6.42 Å². The van der Waals surface area contributed by atoms with Crippen LogP contribution in [0.15, 0.2) is 18.2 Å². The first-order chi connectivity index (χ1) is 6.66. The van der Waals surface area contributed by atoms with Crippen molar-refractivity contribution < 1.29 is 13.5 Å². The van der Waals surface area contributed by atoms with E-state index in [2.05, 4.69) is 0 Å². The van der Waals surface area contributed by atoms with Crippen LogP contribution in [-0.4, -0.2) is 12.5 Å². The van der Waals surface area contributed by atoms with E-state index in [1.807, 2.05) is 19.1 Å². The maximum atomic E-state index is 12.4. The molecule has 0 N–H and O–H groups in total. The van der Waals surface area contributed by atoms with Gasteiger partial charge in [-0.1, -0.05) is 17.7 Å². The van der Waals surface area contributed by atoms with Gasteiger partial charge in [-0.15, -0.1) is 0 Å². The molecule has 0 aliphatic carbocycles. The van der Waals surface area contributed by atoms with Crippen LogP contribution in [0, 0.1) is 6.92 Å². The second kappa shape index (κ2) is 3.56. The summed E-state index contributed by atoms with van der Waals surface area (Å²) >= 11 is 0. The Morgan fingerprint density at radius 2 is 2.21 bits per heavy atom. The van der Waals surface area contributed by atoms with Gasteiger partial charge >= 0.3 is 0 Å². The van der Waals surface area contributed by atoms with E-state index in [0.29, 0.717) is 18.6 Å². The molecule has 1 aromatic rings. The lowest BCUT2D eigenvalue weighted by atomic mass is 10.0. The van der Waals surface area contributed by atoms with Crippen molar-refractivity contribution in [3.63, 3.8) is 0 Å². The monoisotopic (exact) mass is 198 g/mol. The molecule has 3 heteroatoms. The van der Waals surface area contributed by atoms with E-state index in [4.69, 9.17) is 4.74 Å². The molecule has 0 radical (unpaired) electrons. The maximum Gasteiger partial charge on any atom is 0.274 e. The maximum absolute atomic E-state index is 12.4. The van der Waals surface area contributed by atoms with E-state index in [1.54, 1.807) is 6.07 Å². The van der Waals surface area contributed by atoms with Crippen LogP contribution in [0.5, 0.6) is 5.75 Å². The predicted octanol–water partition coefficient (Wildman–Crippen LogP) is 2.95. The summed E-state index contributed by atoms with van der Waals surface area (Å²) in [6, 6.07) is 5.66. The zero-order valence-corrected chi connectivity index (χ0v) is 7.97. The standard InChI is InChI=1S/C11H12F2O/c1-7-2-4-9-8(6-7)3-5-10(14-9)11(12)13/h2,4,6,10-11H,3,5H2,1H3. The van der Waals surface area contributed by atoms with E-state index < -0.39 is 12.5 Å². The van der Waals surface area contributed by atoms with Crippen molar-refractivity contribution in [2.45, 2.75) is 32.3 Å². The Morgan fingerprint density at radius 1 is 1.43 bits per heavy atom. The second-order valence-corrected chi connectivity index (χ2v) is 3.64. The lowest BCUT2D eigenvalue weighted by molar-refractivity contribution is 0.000590. The van der Waals surface area contributed by atoms with Crippen LogP contribution >= 0.6 is 0 Å². The Labute approximate surface area is 81.7 Å². The molecule has 1 nitrogen and oxygen atoms in total. The zero-order chi connectivity index (χ0) is 10.1. The van der Waals surface area contributed by atoms with Gasteiger partial charge in [-0.25, -0.2) is 8.78 Å². The van der Waals surface area contributed by atoms with Gasteiger partial charge in [-0.05, 0) is 31.4 Å². The van der Waals surface area contributed by atoms with Crippen LogP contribution in [0.25, 0.3) is 0 Å². The smallest absolute Gasteiger partial charge is 0.274 e. The third-order valence-corrected chi connectivity index (χ3v) is 2.47. The van der Waals surface area contributed by atoms with E-state index in [-0.39, 0.29) is 0 Å². The Bertz CT molecular complexity index is 336. The van der Waals surface area contributed by atoms with Crippen LogP contribution in [0.3, 0.4) is 0 Å². The molecular weight excluding hydrogens is 186 g/mol. The summed E-state index contributed by atoms with van der Waals surface area (Å²) < 4.78 is 29.9. The van der Waals surface area contributed by atoms with Gasteiger partial charge in [0.05, 0.1) is 0 Å². The number of halogens is 2. The number of hydrogen-bond acceptors (Lipinski definition) is 1. The first-order valence-electron chi connectivity index (χ1n) is 4.71. The highest BCUT2D eigenvalue weighted by atomic mass is 19.3. The molecule has 0 amide bonds. The molecule has 1 heterocycles. The summed E-state index contributed by atoms with van der Waals surface area (Å²) in [6.45, 7) is 1.99. The molecule has 0 saturated carbocycles. The lowest BCUT2D eigenvalue weighted by Crippen LogP contribution is -2.29. The molecule has 0 spiro atoms. The number of fused-ring (bicyclic) bond motifs is 1. The van der Waals surface area contributed by atoms with Crippen molar-refractivity contribution in [3.05, 3.63) is 29.3 Å². The van der Waals surface area contributed by atoms with Crippen molar-refractivity contribution >= 4 is 0 Å². The minimum absolute atomic E-state index is 0.411. The fourth-order valence-electron chi connectivity index (χ4n) is 1.72. The van der Waals surface area contributed by atoms with Gasteiger partial charge < -0.3 is 4.74 Å². The summed E-state index contributed by atoms with van der Waals surface area (Å²) in [4.78, 5) is 0. The van der Waals surface area contributed by atoms with Crippen LogP contribution in [0.2, 0.25) is 0 Å². The van der Waals surface area contributed by atoms with Crippen molar-refractivity contribution in [1.29, 1.82) is 0 Å². The van der Waals surface area contributed by atoms with Gasteiger partial charge in [0, 0.05) is 0 Å². The molecule has 76 valence electrons. The van der Waals surface area contributed by atoms with Crippen molar-refractivity contribution in [1.82, 2.24) is 0 Å². The Hall–Kier alpha value is -1.12. The molecule has 1 atom stereocenters. The summed E-state index contributed by atoms with van der Waals surface area (Å²) in [7, 11) is 0. The normalized spacial score (nSPS) is 20.4. The van der Waals surface area contributed by atoms with Crippen LogP contribution in [0.4, 0.5) is 8.78 Å². The van der Waals surface area contributed by atoms with Gasteiger partial charge in [0.15, 0.2) is 6.10 Å². The summed E-state index contributed by atoms with van der Waals surface area (Å²) in [5.74, 6) is 0.618. The highest BCUT2D eigenvalue weighted by Crippen LogP contribution is 2.30. The topological polar surface area (TPSA) is 9.23 Å². The van der Waals surface area contributed by atoms with E-state index in [1.165, 1.54) is 0 Å². The molecule has 1 aliphatic heterocycles. The molecule has 1 unspecified atom stereocenters. The highest BCUT2D eigenvalue weighted by molar-refractivity contribution is 5.38. The fourth-order valence-corrected chi connectivity index (χ4v) is 1.72. The minimum atomic E-state index is -2.38. The van der Waals surface area contributed by atoms with Gasteiger partial charge in [-0.2, -0.15) is 0 Å². The molecule has 0 fully saturated rings. The average molecular weight is 198 g/mol. The van der Waals surface area contributed by atoms with Crippen molar-refractivity contribution in [3.8, 4) is 5.75 Å². The van der Waals surface area contributed by atoms with Crippen LogP contribution < -0.4 is 4.74 Å². The molecule has 1 aliphatic rings. The zero-order valence-electron chi connectivity index (χ0n) is 7.97. The third kappa shape index (κ3) is 1.72. The third-order valence-electron chi connectivity index (χ3n) is 2.47. The highest BCUT2D eigenvalue weighted by Gasteiger charge is 2.27.